The van der Waals surface area contributed by atoms with E-state index in [9.17, 15) is 21.6 Å². The Hall–Kier alpha value is -0.720. The first-order valence-electron chi connectivity index (χ1n) is 6.82. The van der Waals surface area contributed by atoms with Crippen molar-refractivity contribution in [3.63, 3.8) is 0 Å². The van der Waals surface area contributed by atoms with E-state index in [-0.39, 0.29) is 0 Å². The molecule has 0 aliphatic rings. The first-order chi connectivity index (χ1) is 11.4. The number of benzene rings is 1. The fraction of sp³-hybridized carbons (Fsp3) is 0.267. The Kier molecular flexibility index (Phi) is 6.17. The molecule has 0 aliphatic carbocycles. The third-order valence-electron chi connectivity index (χ3n) is 3.05. The number of halogens is 5. The second kappa shape index (κ2) is 7.49. The summed E-state index contributed by atoms with van der Waals surface area (Å²) in [5.41, 5.74) is -3.16. The van der Waals surface area contributed by atoms with Crippen molar-refractivity contribution in [2.24, 2.45) is 0 Å². The maximum absolute atomic E-state index is 12.9. The zero-order valence-corrected chi connectivity index (χ0v) is 17.9. The van der Waals surface area contributed by atoms with Crippen LogP contribution in [0, 0.1) is 27.9 Å². The second-order valence-electron chi connectivity index (χ2n) is 5.25. The van der Waals surface area contributed by atoms with Crippen molar-refractivity contribution in [2.75, 3.05) is 0 Å². The van der Waals surface area contributed by atoms with Gasteiger partial charge in [-0.3, -0.25) is 0 Å². The molecule has 0 bridgehead atoms. The van der Waals surface area contributed by atoms with E-state index >= 15 is 0 Å². The Morgan fingerprint density at radius 1 is 1.08 bits per heavy atom. The van der Waals surface area contributed by atoms with Crippen molar-refractivity contribution in [3.05, 3.63) is 58.9 Å². The predicted molar refractivity (Wildman–Crippen MR) is 100 cm³/mol. The summed E-state index contributed by atoms with van der Waals surface area (Å²) in [6.07, 6.45) is 2.81. The van der Waals surface area contributed by atoms with E-state index in [1.807, 2.05) is 6.92 Å². The Balaban J connectivity index is 2.67. The molecule has 1 aromatic carbocycles. The quantitative estimate of drug-likeness (QED) is 0.392. The van der Waals surface area contributed by atoms with Crippen LogP contribution in [0.4, 0.5) is 13.2 Å². The molecule has 0 spiro atoms. The summed E-state index contributed by atoms with van der Waals surface area (Å²) in [5, 5.41) is 0. The van der Waals surface area contributed by atoms with Crippen molar-refractivity contribution in [1.82, 2.24) is 4.98 Å². The summed E-state index contributed by atoms with van der Waals surface area (Å²) in [7, 11) is -5.72. The van der Waals surface area contributed by atoms with E-state index in [4.69, 9.17) is 2.51 Å². The zero-order valence-electron chi connectivity index (χ0n) is 13.4. The first-order valence-corrected chi connectivity index (χ1v) is 12.1. The third-order valence-corrected chi connectivity index (χ3v) is 11.2. The molecule has 0 N–H and O–H groups in total. The SMILES string of the molecule is Cc1cc(C)c(I(OS(=O)(=O)C(F)(F)F)c2cncc(Br)c2)c(C)c1. The Morgan fingerprint density at radius 3 is 2.12 bits per heavy atom. The standard InChI is InChI=1S/C15H14BrF3INO3S/c1-9-4-10(2)14(11(3)5-9)20(13-6-12(16)7-21-8-13)24-25(22,23)15(17,18)19/h4-8H,1-3H3. The van der Waals surface area contributed by atoms with Crippen LogP contribution in [0.15, 0.2) is 35.1 Å². The average Bonchev–Trinajstić information content (AvgIpc) is 2.43. The van der Waals surface area contributed by atoms with Crippen LogP contribution in [0.5, 0.6) is 0 Å². The van der Waals surface area contributed by atoms with Gasteiger partial charge in [-0.15, -0.1) is 0 Å². The van der Waals surface area contributed by atoms with Gasteiger partial charge in [-0.05, 0) is 0 Å². The van der Waals surface area contributed by atoms with Crippen LogP contribution >= 0.6 is 36.2 Å². The van der Waals surface area contributed by atoms with E-state index in [1.165, 1.54) is 12.4 Å². The molecule has 1 heterocycles. The molecule has 0 saturated heterocycles. The van der Waals surface area contributed by atoms with Crippen LogP contribution in [0.3, 0.4) is 0 Å². The van der Waals surface area contributed by atoms with Gasteiger partial charge in [-0.1, -0.05) is 0 Å². The van der Waals surface area contributed by atoms with Gasteiger partial charge in [0, 0.05) is 0 Å². The van der Waals surface area contributed by atoms with Gasteiger partial charge in [0.2, 0.25) is 0 Å². The molecule has 0 aliphatic heterocycles. The molecule has 2 aromatic rings. The number of nitrogens with zero attached hydrogens (tertiary/aromatic N) is 1. The Labute approximate surface area is 160 Å². The fourth-order valence-corrected chi connectivity index (χ4v) is 10.1. The molecule has 0 radical (unpaired) electrons. The molecule has 4 nitrogen and oxygen atoms in total. The third kappa shape index (κ3) is 4.72. The van der Waals surface area contributed by atoms with Crippen LogP contribution in [-0.2, 0) is 12.6 Å². The Morgan fingerprint density at radius 2 is 1.64 bits per heavy atom. The molecule has 2 rings (SSSR count). The van der Waals surface area contributed by atoms with Gasteiger partial charge < -0.3 is 0 Å². The summed E-state index contributed by atoms with van der Waals surface area (Å²) in [6.45, 7) is 5.32. The van der Waals surface area contributed by atoms with Crippen LogP contribution in [0.1, 0.15) is 16.7 Å². The van der Waals surface area contributed by atoms with Gasteiger partial charge in [-0.2, -0.15) is 0 Å². The van der Waals surface area contributed by atoms with Gasteiger partial charge in [-0.25, -0.2) is 0 Å². The molecule has 0 saturated carbocycles. The topological polar surface area (TPSA) is 56.3 Å². The van der Waals surface area contributed by atoms with E-state index < -0.39 is 35.9 Å². The number of rotatable bonds is 4. The van der Waals surface area contributed by atoms with Gasteiger partial charge >= 0.3 is 161 Å². The van der Waals surface area contributed by atoms with Crippen LogP contribution < -0.4 is 0 Å². The van der Waals surface area contributed by atoms with E-state index in [0.29, 0.717) is 22.7 Å². The number of hydrogen-bond donors (Lipinski definition) is 0. The van der Waals surface area contributed by atoms with Gasteiger partial charge in [0.05, 0.1) is 0 Å². The summed E-state index contributed by atoms with van der Waals surface area (Å²) in [4.78, 5) is 3.94. The fourth-order valence-electron chi connectivity index (χ4n) is 2.21. The van der Waals surface area contributed by atoms with Gasteiger partial charge in [0.15, 0.2) is 0 Å². The molecule has 0 unspecified atom stereocenters. The van der Waals surface area contributed by atoms with Gasteiger partial charge in [0.1, 0.15) is 0 Å². The molecule has 0 amide bonds. The van der Waals surface area contributed by atoms with Gasteiger partial charge in [0.25, 0.3) is 0 Å². The monoisotopic (exact) mass is 551 g/mol. The molecule has 25 heavy (non-hydrogen) atoms. The molecule has 138 valence electrons. The summed E-state index contributed by atoms with van der Waals surface area (Å²) < 4.78 is 68.0. The number of alkyl halides is 3. The van der Waals surface area contributed by atoms with Crippen molar-refractivity contribution in [2.45, 2.75) is 26.3 Å². The zero-order chi connectivity index (χ0) is 19.0. The van der Waals surface area contributed by atoms with Crippen LogP contribution in [0.25, 0.3) is 0 Å². The van der Waals surface area contributed by atoms with Crippen molar-refractivity contribution in [3.8, 4) is 0 Å². The van der Waals surface area contributed by atoms with E-state index in [2.05, 4.69) is 20.9 Å². The molecular weight excluding hydrogens is 538 g/mol. The summed E-state index contributed by atoms with van der Waals surface area (Å²) in [6, 6.07) is 5.13. The molecule has 1 aromatic heterocycles. The first kappa shape index (κ1) is 20.6. The van der Waals surface area contributed by atoms with Crippen LogP contribution in [-0.4, -0.2) is 18.9 Å². The minimum absolute atomic E-state index is 0.349. The molecule has 0 fully saturated rings. The Bertz CT molecular complexity index is 880. The maximum atomic E-state index is 12.9. The van der Waals surface area contributed by atoms with E-state index in [0.717, 1.165) is 5.56 Å². The molecular formula is C15H14BrF3INO3S. The summed E-state index contributed by atoms with van der Waals surface area (Å²) >= 11 is -0.220. The number of aryl methyl sites for hydroxylation is 3. The number of hydrogen-bond acceptors (Lipinski definition) is 4. The van der Waals surface area contributed by atoms with Crippen molar-refractivity contribution >= 4 is 46.3 Å². The van der Waals surface area contributed by atoms with Crippen molar-refractivity contribution < 1.29 is 24.1 Å². The summed E-state index contributed by atoms with van der Waals surface area (Å²) in [5.74, 6) is 0. The van der Waals surface area contributed by atoms with E-state index in [1.54, 1.807) is 32.0 Å². The number of pyridine rings is 1. The molecule has 10 heteroatoms. The average molecular weight is 552 g/mol. The molecule has 0 atom stereocenters. The predicted octanol–water partition coefficient (Wildman–Crippen LogP) is 5.10. The van der Waals surface area contributed by atoms with Crippen molar-refractivity contribution in [1.29, 1.82) is 0 Å². The normalized spacial score (nSPS) is 13.0. The minimum atomic E-state index is -5.72. The van der Waals surface area contributed by atoms with Crippen LogP contribution in [0.2, 0.25) is 0 Å². The number of aromatic nitrogens is 1. The second-order valence-corrected chi connectivity index (χ2v) is 12.5.